The van der Waals surface area contributed by atoms with E-state index in [0.717, 1.165) is 12.1 Å². The average molecular weight is 262 g/mol. The Labute approximate surface area is 102 Å². The van der Waals surface area contributed by atoms with Crippen LogP contribution >= 0.6 is 0 Å². The number of aromatic carboxylic acids is 1. The third-order valence-corrected chi connectivity index (χ3v) is 1.74. The topological polar surface area (TPSA) is 159 Å². The van der Waals surface area contributed by atoms with Crippen LogP contribution in [-0.2, 0) is 0 Å². The molecule has 0 radical (unpaired) electrons. The van der Waals surface area contributed by atoms with Crippen LogP contribution in [-0.4, -0.2) is 61.0 Å². The van der Waals surface area contributed by atoms with Crippen LogP contribution in [0.1, 0.15) is 10.4 Å². The quantitative estimate of drug-likeness (QED) is 0.336. The number of aromatic hydroxyl groups is 3. The van der Waals surface area contributed by atoms with Crippen LogP contribution in [0.3, 0.4) is 0 Å². The van der Waals surface area contributed by atoms with Gasteiger partial charge in [-0.25, -0.2) is 4.79 Å². The molecule has 0 amide bonds. The van der Waals surface area contributed by atoms with E-state index in [1.807, 2.05) is 0 Å². The predicted molar refractivity (Wildman–Crippen MR) is 58.6 cm³/mol. The lowest BCUT2D eigenvalue weighted by molar-refractivity contribution is 0.0450. The van der Waals surface area contributed by atoms with Gasteiger partial charge in [-0.1, -0.05) is 0 Å². The summed E-state index contributed by atoms with van der Waals surface area (Å²) in [5.41, 5.74) is -0.289. The third kappa shape index (κ3) is 4.87. The molecule has 1 aromatic carbocycles. The van der Waals surface area contributed by atoms with E-state index in [2.05, 4.69) is 0 Å². The Hall–Kier alpha value is -2.03. The van der Waals surface area contributed by atoms with Gasteiger partial charge in [-0.15, -0.1) is 0 Å². The van der Waals surface area contributed by atoms with Crippen LogP contribution in [0, 0.1) is 0 Å². The van der Waals surface area contributed by atoms with Crippen LogP contribution < -0.4 is 0 Å². The number of carboxylic acid groups (broad SMARTS) is 1. The number of hydrogen-bond donors (Lipinski definition) is 7. The van der Waals surface area contributed by atoms with Crippen LogP contribution in [0.5, 0.6) is 17.2 Å². The number of rotatable bonds is 3. The summed E-state index contributed by atoms with van der Waals surface area (Å²) in [7, 11) is 0. The van der Waals surface area contributed by atoms with Gasteiger partial charge in [0.25, 0.3) is 0 Å². The Morgan fingerprint density at radius 3 is 1.67 bits per heavy atom. The van der Waals surface area contributed by atoms with Crippen molar-refractivity contribution in [2.75, 3.05) is 13.2 Å². The number of carboxylic acids is 1. The Kier molecular flexibility index (Phi) is 6.50. The second-order valence-corrected chi connectivity index (χ2v) is 3.19. The molecule has 1 aromatic rings. The molecular formula is C10H14O8. The van der Waals surface area contributed by atoms with Gasteiger partial charge in [0.05, 0.1) is 18.8 Å². The fraction of sp³-hybridized carbons (Fsp3) is 0.300. The normalized spacial score (nSPS) is 9.78. The van der Waals surface area contributed by atoms with Gasteiger partial charge in [0.1, 0.15) is 6.10 Å². The number of phenols is 3. The first kappa shape index (κ1) is 16.0. The van der Waals surface area contributed by atoms with Crippen molar-refractivity contribution in [1.82, 2.24) is 0 Å². The molecule has 0 saturated heterocycles. The molecule has 102 valence electrons. The minimum absolute atomic E-state index is 0.289. The molecule has 18 heavy (non-hydrogen) atoms. The number of aliphatic hydroxyl groups is 3. The van der Waals surface area contributed by atoms with Crippen molar-refractivity contribution in [3.8, 4) is 17.2 Å². The van der Waals surface area contributed by atoms with Gasteiger partial charge < -0.3 is 35.7 Å². The fourth-order valence-corrected chi connectivity index (χ4v) is 0.785. The molecule has 0 unspecified atom stereocenters. The maximum atomic E-state index is 10.3. The summed E-state index contributed by atoms with van der Waals surface area (Å²) in [6, 6.07) is 1.69. The van der Waals surface area contributed by atoms with Crippen LogP contribution in [0.2, 0.25) is 0 Å². The van der Waals surface area contributed by atoms with Crippen molar-refractivity contribution < 1.29 is 40.5 Å². The zero-order chi connectivity index (χ0) is 14.3. The van der Waals surface area contributed by atoms with E-state index in [0.29, 0.717) is 0 Å². The first-order valence-corrected chi connectivity index (χ1v) is 4.71. The molecule has 0 atom stereocenters. The van der Waals surface area contributed by atoms with Crippen molar-refractivity contribution in [3.63, 3.8) is 0 Å². The number of carbonyl (C=O) groups is 1. The Morgan fingerprint density at radius 2 is 1.44 bits per heavy atom. The minimum atomic E-state index is -1.29. The maximum Gasteiger partial charge on any atom is 0.335 e. The molecule has 0 aromatic heterocycles. The van der Waals surface area contributed by atoms with Crippen LogP contribution in [0.4, 0.5) is 0 Å². The standard InChI is InChI=1S/C7H6O5.C3H8O3/c8-4-1-3(7(11)12)2-5(9)6(4)10;4-1-3(6)2-5/h1-2,8-10H,(H,11,12);3-6H,1-2H2. The summed E-state index contributed by atoms with van der Waals surface area (Å²) in [5.74, 6) is -3.33. The van der Waals surface area contributed by atoms with E-state index in [1.165, 1.54) is 0 Å². The lowest BCUT2D eigenvalue weighted by Gasteiger charge is -2.01. The molecule has 0 fully saturated rings. The number of aliphatic hydroxyl groups excluding tert-OH is 3. The van der Waals surface area contributed by atoms with Gasteiger partial charge in [-0.2, -0.15) is 0 Å². The Morgan fingerprint density at radius 1 is 1.06 bits per heavy atom. The number of benzene rings is 1. The number of hydrogen-bond acceptors (Lipinski definition) is 7. The molecule has 0 aliphatic heterocycles. The van der Waals surface area contributed by atoms with Gasteiger partial charge in [-0.05, 0) is 12.1 Å². The van der Waals surface area contributed by atoms with Crippen molar-refractivity contribution in [2.45, 2.75) is 6.10 Å². The largest absolute Gasteiger partial charge is 0.504 e. The molecule has 7 N–H and O–H groups in total. The van der Waals surface area contributed by atoms with E-state index in [-0.39, 0.29) is 18.8 Å². The molecule has 8 heteroatoms. The van der Waals surface area contributed by atoms with E-state index in [4.69, 9.17) is 35.7 Å². The summed E-state index contributed by atoms with van der Waals surface area (Å²) < 4.78 is 0. The Balaban J connectivity index is 0.000000411. The molecule has 0 aliphatic rings. The summed E-state index contributed by atoms with van der Waals surface area (Å²) in [5, 5.41) is 59.0. The molecule has 0 aliphatic carbocycles. The van der Waals surface area contributed by atoms with Crippen molar-refractivity contribution in [2.24, 2.45) is 0 Å². The van der Waals surface area contributed by atoms with Crippen LogP contribution in [0.25, 0.3) is 0 Å². The highest BCUT2D eigenvalue weighted by Gasteiger charge is 2.11. The molecule has 0 bridgehead atoms. The zero-order valence-electron chi connectivity index (χ0n) is 9.19. The fourth-order valence-electron chi connectivity index (χ4n) is 0.785. The highest BCUT2D eigenvalue weighted by Crippen LogP contribution is 2.35. The van der Waals surface area contributed by atoms with E-state index in [1.54, 1.807) is 0 Å². The molecule has 0 spiro atoms. The predicted octanol–water partition coefficient (Wildman–Crippen LogP) is -1.17. The Bertz CT molecular complexity index is 376. The van der Waals surface area contributed by atoms with Gasteiger partial charge in [0, 0.05) is 0 Å². The first-order valence-electron chi connectivity index (χ1n) is 4.71. The van der Waals surface area contributed by atoms with Gasteiger partial charge >= 0.3 is 5.97 Å². The summed E-state index contributed by atoms with van der Waals surface area (Å²) in [6.07, 6.45) is -0.954. The van der Waals surface area contributed by atoms with Crippen LogP contribution in [0.15, 0.2) is 12.1 Å². The second kappa shape index (κ2) is 7.33. The SMILES string of the molecule is O=C(O)c1cc(O)c(O)c(O)c1.OCC(O)CO. The third-order valence-electron chi connectivity index (χ3n) is 1.74. The van der Waals surface area contributed by atoms with Gasteiger partial charge in [0.15, 0.2) is 17.2 Å². The number of phenolic OH excluding ortho intramolecular Hbond substituents is 3. The maximum absolute atomic E-state index is 10.3. The van der Waals surface area contributed by atoms with Gasteiger partial charge in [-0.3, -0.25) is 0 Å². The highest BCUT2D eigenvalue weighted by atomic mass is 16.4. The summed E-state index contributed by atoms with van der Waals surface area (Å²) in [4.78, 5) is 10.3. The minimum Gasteiger partial charge on any atom is -0.504 e. The van der Waals surface area contributed by atoms with E-state index < -0.39 is 29.3 Å². The zero-order valence-corrected chi connectivity index (χ0v) is 9.19. The van der Waals surface area contributed by atoms with Crippen molar-refractivity contribution >= 4 is 5.97 Å². The van der Waals surface area contributed by atoms with Gasteiger partial charge in [0.2, 0.25) is 0 Å². The monoisotopic (exact) mass is 262 g/mol. The van der Waals surface area contributed by atoms with Crippen molar-refractivity contribution in [3.05, 3.63) is 17.7 Å². The average Bonchev–Trinajstić information content (AvgIpc) is 2.34. The molecular weight excluding hydrogens is 248 g/mol. The lowest BCUT2D eigenvalue weighted by atomic mass is 10.2. The molecule has 0 heterocycles. The first-order chi connectivity index (χ1) is 8.33. The highest BCUT2D eigenvalue weighted by molar-refractivity contribution is 5.89. The lowest BCUT2D eigenvalue weighted by Crippen LogP contribution is -2.15. The van der Waals surface area contributed by atoms with Crippen molar-refractivity contribution in [1.29, 1.82) is 0 Å². The molecule has 0 saturated carbocycles. The smallest absolute Gasteiger partial charge is 0.335 e. The molecule has 1 rings (SSSR count). The second-order valence-electron chi connectivity index (χ2n) is 3.19. The summed E-state index contributed by atoms with van der Waals surface area (Å²) in [6.45, 7) is -0.729. The van der Waals surface area contributed by atoms with E-state index >= 15 is 0 Å². The summed E-state index contributed by atoms with van der Waals surface area (Å²) >= 11 is 0. The molecule has 8 nitrogen and oxygen atoms in total. The van der Waals surface area contributed by atoms with E-state index in [9.17, 15) is 4.79 Å².